The minimum Gasteiger partial charge on any atom is -0.339 e. The number of hydrogen-bond acceptors (Lipinski definition) is 5. The number of nitrogens with zero attached hydrogens (tertiary/aromatic N) is 2. The zero-order valence-electron chi connectivity index (χ0n) is 13.2. The summed E-state index contributed by atoms with van der Waals surface area (Å²) in [5, 5.41) is 4.92. The number of thioether (sulfide) groups is 1. The van der Waals surface area contributed by atoms with Crippen molar-refractivity contribution in [3.8, 4) is 0 Å². The molecule has 0 aromatic carbocycles. The highest BCUT2D eigenvalue weighted by Crippen LogP contribution is 2.29. The van der Waals surface area contributed by atoms with Gasteiger partial charge in [-0.25, -0.2) is 0 Å². The average Bonchev–Trinajstić information content (AvgIpc) is 2.98. The number of hydrogen-bond donors (Lipinski definition) is 1. The minimum atomic E-state index is 0.682. The summed E-state index contributed by atoms with van der Waals surface area (Å²) in [4.78, 5) is 4.53. The second-order valence-electron chi connectivity index (χ2n) is 6.07. The summed E-state index contributed by atoms with van der Waals surface area (Å²) in [5.74, 6) is 3.24. The van der Waals surface area contributed by atoms with Crippen LogP contribution in [-0.2, 0) is 12.2 Å². The van der Waals surface area contributed by atoms with E-state index in [2.05, 4.69) is 17.1 Å². The van der Waals surface area contributed by atoms with Crippen molar-refractivity contribution in [1.29, 1.82) is 0 Å². The molecule has 1 saturated carbocycles. The van der Waals surface area contributed by atoms with Gasteiger partial charge in [-0.3, -0.25) is 0 Å². The molecule has 2 rings (SSSR count). The molecule has 0 saturated heterocycles. The van der Waals surface area contributed by atoms with Crippen LogP contribution in [0, 0.1) is 5.92 Å². The fraction of sp³-hybridized carbons (Fsp3) is 0.875. The van der Waals surface area contributed by atoms with Crippen LogP contribution >= 0.6 is 11.8 Å². The third kappa shape index (κ3) is 5.99. The molecular formula is C16H29N3OS. The van der Waals surface area contributed by atoms with E-state index in [4.69, 9.17) is 10.3 Å². The Bertz CT molecular complexity index is 367. The smallest absolute Gasteiger partial charge is 0.226 e. The van der Waals surface area contributed by atoms with Crippen LogP contribution in [0.3, 0.4) is 0 Å². The van der Waals surface area contributed by atoms with Crippen LogP contribution in [0.5, 0.6) is 0 Å². The van der Waals surface area contributed by atoms with Crippen LogP contribution in [0.2, 0.25) is 0 Å². The maximum absolute atomic E-state index is 5.63. The topological polar surface area (TPSA) is 64.9 Å². The summed E-state index contributed by atoms with van der Waals surface area (Å²) in [5.41, 5.74) is 5.63. The maximum Gasteiger partial charge on any atom is 0.226 e. The van der Waals surface area contributed by atoms with E-state index in [0.29, 0.717) is 5.92 Å². The number of aryl methyl sites for hydroxylation is 1. The summed E-state index contributed by atoms with van der Waals surface area (Å²) in [6, 6.07) is 0. The van der Waals surface area contributed by atoms with Crippen LogP contribution in [0.4, 0.5) is 0 Å². The number of rotatable bonds is 9. The molecule has 120 valence electrons. The van der Waals surface area contributed by atoms with Crippen molar-refractivity contribution < 1.29 is 4.52 Å². The molecule has 1 unspecified atom stereocenters. The van der Waals surface area contributed by atoms with Gasteiger partial charge in [0, 0.05) is 11.7 Å². The summed E-state index contributed by atoms with van der Waals surface area (Å²) in [6.45, 7) is 2.99. The second kappa shape index (κ2) is 9.46. The van der Waals surface area contributed by atoms with Crippen LogP contribution in [0.1, 0.15) is 70.0 Å². The average molecular weight is 311 g/mol. The Kier molecular flexibility index (Phi) is 7.58. The van der Waals surface area contributed by atoms with E-state index in [0.717, 1.165) is 48.5 Å². The van der Waals surface area contributed by atoms with Gasteiger partial charge in [-0.15, -0.1) is 0 Å². The van der Waals surface area contributed by atoms with Gasteiger partial charge in [0.1, 0.15) is 0 Å². The molecule has 1 aromatic heterocycles. The van der Waals surface area contributed by atoms with E-state index < -0.39 is 0 Å². The van der Waals surface area contributed by atoms with Crippen molar-refractivity contribution in [3.05, 3.63) is 11.7 Å². The van der Waals surface area contributed by atoms with Gasteiger partial charge >= 0.3 is 0 Å². The van der Waals surface area contributed by atoms with Crippen LogP contribution in [0.15, 0.2) is 4.52 Å². The van der Waals surface area contributed by atoms with E-state index in [1.807, 2.05) is 11.8 Å². The van der Waals surface area contributed by atoms with Gasteiger partial charge in [0.15, 0.2) is 5.82 Å². The Balaban J connectivity index is 1.70. The molecule has 21 heavy (non-hydrogen) atoms. The van der Waals surface area contributed by atoms with Gasteiger partial charge in [0.05, 0.1) is 5.75 Å². The monoisotopic (exact) mass is 311 g/mol. The van der Waals surface area contributed by atoms with Crippen molar-refractivity contribution in [2.75, 3.05) is 6.54 Å². The van der Waals surface area contributed by atoms with Crippen LogP contribution in [0.25, 0.3) is 0 Å². The maximum atomic E-state index is 5.63. The van der Waals surface area contributed by atoms with Gasteiger partial charge < -0.3 is 10.3 Å². The van der Waals surface area contributed by atoms with E-state index in [-0.39, 0.29) is 0 Å². The van der Waals surface area contributed by atoms with Crippen molar-refractivity contribution >= 4 is 11.8 Å². The van der Waals surface area contributed by atoms with Crippen molar-refractivity contribution in [2.45, 2.75) is 75.7 Å². The summed E-state index contributed by atoms with van der Waals surface area (Å²) in [6.07, 6.45) is 11.1. The lowest BCUT2D eigenvalue weighted by Gasteiger charge is -2.19. The molecule has 1 aliphatic carbocycles. The lowest BCUT2D eigenvalue weighted by atomic mass is 9.97. The molecule has 1 aliphatic rings. The van der Waals surface area contributed by atoms with E-state index in [1.54, 1.807) is 0 Å². The predicted octanol–water partition coefficient (Wildman–Crippen LogP) is 3.94. The Morgan fingerprint density at radius 1 is 1.29 bits per heavy atom. The zero-order valence-corrected chi connectivity index (χ0v) is 14.0. The van der Waals surface area contributed by atoms with Gasteiger partial charge in [-0.05, 0) is 38.1 Å². The standard InChI is InChI=1S/C16H29N3OS/c1-2-13(10-11-17)8-9-16-18-15(19-20-16)12-21-14-6-4-3-5-7-14/h13-14H,2-12,17H2,1H3. The highest BCUT2D eigenvalue weighted by molar-refractivity contribution is 7.99. The van der Waals surface area contributed by atoms with Crippen LogP contribution < -0.4 is 5.73 Å². The highest BCUT2D eigenvalue weighted by Gasteiger charge is 2.16. The summed E-state index contributed by atoms with van der Waals surface area (Å²) < 4.78 is 5.37. The first-order valence-corrected chi connectivity index (χ1v) is 9.49. The first-order valence-electron chi connectivity index (χ1n) is 8.45. The fourth-order valence-corrected chi connectivity index (χ4v) is 4.16. The molecule has 0 spiro atoms. The Morgan fingerprint density at radius 3 is 2.81 bits per heavy atom. The molecule has 4 nitrogen and oxygen atoms in total. The predicted molar refractivity (Wildman–Crippen MR) is 88.2 cm³/mol. The molecule has 1 fully saturated rings. The van der Waals surface area contributed by atoms with Crippen LogP contribution in [-0.4, -0.2) is 21.9 Å². The SMILES string of the molecule is CCC(CCN)CCc1nc(CSC2CCCCC2)no1. The molecule has 1 atom stereocenters. The van der Waals surface area contributed by atoms with Crippen molar-refractivity contribution in [3.63, 3.8) is 0 Å². The second-order valence-corrected chi connectivity index (χ2v) is 7.35. The number of nitrogens with two attached hydrogens (primary N) is 1. The summed E-state index contributed by atoms with van der Waals surface area (Å²) >= 11 is 2.00. The van der Waals surface area contributed by atoms with Gasteiger partial charge in [-0.1, -0.05) is 37.8 Å². The molecule has 0 amide bonds. The molecule has 0 bridgehead atoms. The zero-order chi connectivity index (χ0) is 14.9. The molecular weight excluding hydrogens is 282 g/mol. The molecule has 1 aromatic rings. The highest BCUT2D eigenvalue weighted by atomic mass is 32.2. The Morgan fingerprint density at radius 2 is 2.10 bits per heavy atom. The molecule has 0 aliphatic heterocycles. The molecule has 0 radical (unpaired) electrons. The Labute approximate surface area is 132 Å². The van der Waals surface area contributed by atoms with Gasteiger partial charge in [-0.2, -0.15) is 16.7 Å². The summed E-state index contributed by atoms with van der Waals surface area (Å²) in [7, 11) is 0. The Hall–Kier alpha value is -0.550. The third-order valence-corrected chi connectivity index (χ3v) is 5.80. The van der Waals surface area contributed by atoms with Crippen molar-refractivity contribution in [1.82, 2.24) is 10.1 Å². The van der Waals surface area contributed by atoms with Gasteiger partial charge in [0.25, 0.3) is 0 Å². The third-order valence-electron chi connectivity index (χ3n) is 4.43. The number of aromatic nitrogens is 2. The quantitative estimate of drug-likeness (QED) is 0.748. The lowest BCUT2D eigenvalue weighted by molar-refractivity contribution is 0.351. The normalized spacial score (nSPS) is 18.0. The molecule has 1 heterocycles. The van der Waals surface area contributed by atoms with E-state index >= 15 is 0 Å². The molecule has 5 heteroatoms. The van der Waals surface area contributed by atoms with E-state index in [9.17, 15) is 0 Å². The van der Waals surface area contributed by atoms with E-state index in [1.165, 1.54) is 38.5 Å². The first kappa shape index (κ1) is 16.8. The fourth-order valence-electron chi connectivity index (χ4n) is 2.99. The van der Waals surface area contributed by atoms with Crippen molar-refractivity contribution in [2.24, 2.45) is 11.7 Å². The largest absolute Gasteiger partial charge is 0.339 e. The first-order chi connectivity index (χ1) is 10.3. The molecule has 2 N–H and O–H groups in total. The minimum absolute atomic E-state index is 0.682. The lowest BCUT2D eigenvalue weighted by Crippen LogP contribution is -2.09. The van der Waals surface area contributed by atoms with Gasteiger partial charge in [0.2, 0.25) is 5.89 Å².